The van der Waals surface area contributed by atoms with Crippen molar-refractivity contribution in [1.82, 2.24) is 9.80 Å². The standard InChI is InChI=1S/C23H28Cl2N2O3/c1-16(2)17-6-8-18(9-7-17)23(29)27-12-10-26(11-13-27)14-19(28)15-30-22-20(24)4-3-5-21(22)25/h3-9,16,19,28H,10-15H2,1-2H3. The molecule has 0 bridgehead atoms. The van der Waals surface area contributed by atoms with Crippen LogP contribution in [0.5, 0.6) is 5.75 Å². The van der Waals surface area contributed by atoms with Gasteiger partial charge in [-0.15, -0.1) is 0 Å². The van der Waals surface area contributed by atoms with Gasteiger partial charge in [-0.3, -0.25) is 9.69 Å². The number of amides is 1. The molecule has 2 aromatic carbocycles. The van der Waals surface area contributed by atoms with E-state index in [1.807, 2.05) is 29.2 Å². The fourth-order valence-electron chi connectivity index (χ4n) is 3.48. The molecule has 1 unspecified atom stereocenters. The number of halogens is 2. The predicted molar refractivity (Wildman–Crippen MR) is 121 cm³/mol. The van der Waals surface area contributed by atoms with Crippen LogP contribution in [0, 0.1) is 0 Å². The highest BCUT2D eigenvalue weighted by molar-refractivity contribution is 6.37. The Morgan fingerprint density at radius 1 is 1.03 bits per heavy atom. The molecule has 0 saturated carbocycles. The van der Waals surface area contributed by atoms with Gasteiger partial charge in [-0.05, 0) is 35.7 Å². The first-order valence-corrected chi connectivity index (χ1v) is 11.0. The van der Waals surface area contributed by atoms with Crippen LogP contribution >= 0.6 is 23.2 Å². The zero-order valence-corrected chi connectivity index (χ0v) is 18.9. The lowest BCUT2D eigenvalue weighted by Crippen LogP contribution is -2.51. The van der Waals surface area contributed by atoms with Crippen LogP contribution in [0.25, 0.3) is 0 Å². The van der Waals surface area contributed by atoms with Crippen molar-refractivity contribution in [3.05, 3.63) is 63.6 Å². The van der Waals surface area contributed by atoms with E-state index in [0.29, 0.717) is 54.4 Å². The Kier molecular flexibility index (Phi) is 8.00. The number of hydrogen-bond acceptors (Lipinski definition) is 4. The Balaban J connectivity index is 1.45. The van der Waals surface area contributed by atoms with Gasteiger partial charge in [0.1, 0.15) is 12.7 Å². The second-order valence-electron chi connectivity index (χ2n) is 7.89. The number of rotatable bonds is 7. The van der Waals surface area contributed by atoms with Gasteiger partial charge in [0.2, 0.25) is 0 Å². The zero-order chi connectivity index (χ0) is 21.7. The van der Waals surface area contributed by atoms with E-state index in [1.54, 1.807) is 18.2 Å². The zero-order valence-electron chi connectivity index (χ0n) is 17.4. The fraction of sp³-hybridized carbons (Fsp3) is 0.435. The molecule has 1 aliphatic heterocycles. The van der Waals surface area contributed by atoms with Crippen LogP contribution in [0.2, 0.25) is 10.0 Å². The molecular formula is C23H28Cl2N2O3. The fourth-order valence-corrected chi connectivity index (χ4v) is 3.98. The number of benzene rings is 2. The van der Waals surface area contributed by atoms with Crippen molar-refractivity contribution in [3.63, 3.8) is 0 Å². The molecule has 1 atom stereocenters. The van der Waals surface area contributed by atoms with Crippen LogP contribution in [0.3, 0.4) is 0 Å². The van der Waals surface area contributed by atoms with E-state index < -0.39 is 6.10 Å². The predicted octanol–water partition coefficient (Wildman–Crippen LogP) is 4.31. The van der Waals surface area contributed by atoms with Crippen molar-refractivity contribution in [2.75, 3.05) is 39.3 Å². The molecule has 1 saturated heterocycles. The van der Waals surface area contributed by atoms with Gasteiger partial charge in [0.05, 0.1) is 10.0 Å². The molecule has 1 heterocycles. The highest BCUT2D eigenvalue weighted by Gasteiger charge is 2.24. The summed E-state index contributed by atoms with van der Waals surface area (Å²) in [7, 11) is 0. The van der Waals surface area contributed by atoms with Gasteiger partial charge in [0.15, 0.2) is 5.75 Å². The first-order valence-electron chi connectivity index (χ1n) is 10.2. The van der Waals surface area contributed by atoms with Crippen LogP contribution in [-0.2, 0) is 0 Å². The third-order valence-electron chi connectivity index (χ3n) is 5.29. The van der Waals surface area contributed by atoms with E-state index in [2.05, 4.69) is 18.7 Å². The van der Waals surface area contributed by atoms with Crippen molar-refractivity contribution in [1.29, 1.82) is 0 Å². The summed E-state index contributed by atoms with van der Waals surface area (Å²) in [5.74, 6) is 0.892. The number of carbonyl (C=O) groups excluding carboxylic acids is 1. The Morgan fingerprint density at radius 3 is 2.20 bits per heavy atom. The minimum absolute atomic E-state index is 0.0576. The highest BCUT2D eigenvalue weighted by Crippen LogP contribution is 2.32. The van der Waals surface area contributed by atoms with Crippen molar-refractivity contribution in [2.24, 2.45) is 0 Å². The average molecular weight is 451 g/mol. The summed E-state index contributed by atoms with van der Waals surface area (Å²) >= 11 is 12.2. The first-order chi connectivity index (χ1) is 14.3. The average Bonchev–Trinajstić information content (AvgIpc) is 2.73. The summed E-state index contributed by atoms with van der Waals surface area (Å²) in [6, 6.07) is 13.0. The Morgan fingerprint density at radius 2 is 1.63 bits per heavy atom. The molecule has 1 aliphatic rings. The number of hydrogen-bond donors (Lipinski definition) is 1. The van der Waals surface area contributed by atoms with Gasteiger partial charge in [-0.2, -0.15) is 0 Å². The first kappa shape index (κ1) is 22.9. The Hall–Kier alpha value is -1.79. The molecule has 1 N–H and O–H groups in total. The number of carbonyl (C=O) groups is 1. The topological polar surface area (TPSA) is 53.0 Å². The van der Waals surface area contributed by atoms with E-state index in [-0.39, 0.29) is 12.5 Å². The number of piperazine rings is 1. The van der Waals surface area contributed by atoms with Crippen molar-refractivity contribution < 1.29 is 14.6 Å². The van der Waals surface area contributed by atoms with E-state index >= 15 is 0 Å². The second-order valence-corrected chi connectivity index (χ2v) is 8.70. The number of aliphatic hydroxyl groups excluding tert-OH is 1. The van der Waals surface area contributed by atoms with Gasteiger partial charge < -0.3 is 14.7 Å². The van der Waals surface area contributed by atoms with Crippen LogP contribution in [0.4, 0.5) is 0 Å². The van der Waals surface area contributed by atoms with Crippen LogP contribution in [0.15, 0.2) is 42.5 Å². The number of aliphatic hydroxyl groups is 1. The van der Waals surface area contributed by atoms with Crippen LogP contribution < -0.4 is 4.74 Å². The molecule has 1 amide bonds. The summed E-state index contributed by atoms with van der Waals surface area (Å²) in [4.78, 5) is 16.7. The van der Waals surface area contributed by atoms with Crippen molar-refractivity contribution >= 4 is 29.1 Å². The molecule has 3 rings (SSSR count). The largest absolute Gasteiger partial charge is 0.488 e. The van der Waals surface area contributed by atoms with Gasteiger partial charge in [-0.1, -0.05) is 55.2 Å². The molecule has 0 radical (unpaired) electrons. The molecule has 2 aromatic rings. The molecule has 7 heteroatoms. The smallest absolute Gasteiger partial charge is 0.253 e. The Labute approximate surface area is 188 Å². The summed E-state index contributed by atoms with van der Waals surface area (Å²) in [6.45, 7) is 7.53. The quantitative estimate of drug-likeness (QED) is 0.682. The molecule has 5 nitrogen and oxygen atoms in total. The summed E-state index contributed by atoms with van der Waals surface area (Å²) in [5, 5.41) is 11.2. The maximum absolute atomic E-state index is 12.7. The van der Waals surface area contributed by atoms with E-state index in [9.17, 15) is 9.90 Å². The minimum atomic E-state index is -0.678. The number of nitrogens with zero attached hydrogens (tertiary/aromatic N) is 2. The summed E-state index contributed by atoms with van der Waals surface area (Å²) in [5.41, 5.74) is 1.95. The number of ether oxygens (including phenoxy) is 1. The van der Waals surface area contributed by atoms with Gasteiger partial charge in [0.25, 0.3) is 5.91 Å². The minimum Gasteiger partial charge on any atom is -0.488 e. The molecule has 0 aliphatic carbocycles. The maximum atomic E-state index is 12.7. The van der Waals surface area contributed by atoms with E-state index in [4.69, 9.17) is 27.9 Å². The number of β-amino-alcohol motifs (C(OH)–C–C–N with tert-alkyl or cyclic N) is 1. The van der Waals surface area contributed by atoms with Gasteiger partial charge >= 0.3 is 0 Å². The summed E-state index contributed by atoms with van der Waals surface area (Å²) < 4.78 is 5.61. The second kappa shape index (κ2) is 10.5. The molecule has 0 aromatic heterocycles. The van der Waals surface area contributed by atoms with Crippen molar-refractivity contribution in [2.45, 2.75) is 25.9 Å². The lowest BCUT2D eigenvalue weighted by atomic mass is 10.0. The normalized spacial score (nSPS) is 16.0. The lowest BCUT2D eigenvalue weighted by Gasteiger charge is -2.35. The van der Waals surface area contributed by atoms with Gasteiger partial charge in [-0.25, -0.2) is 0 Å². The summed E-state index contributed by atoms with van der Waals surface area (Å²) in [6.07, 6.45) is -0.678. The van der Waals surface area contributed by atoms with E-state index in [0.717, 1.165) is 5.56 Å². The molecular weight excluding hydrogens is 423 g/mol. The molecule has 1 fully saturated rings. The third-order valence-corrected chi connectivity index (χ3v) is 5.89. The highest BCUT2D eigenvalue weighted by atomic mass is 35.5. The molecule has 162 valence electrons. The monoisotopic (exact) mass is 450 g/mol. The third kappa shape index (κ3) is 5.88. The number of para-hydroxylation sites is 1. The Bertz CT molecular complexity index is 830. The van der Waals surface area contributed by atoms with E-state index in [1.165, 1.54) is 5.56 Å². The van der Waals surface area contributed by atoms with Gasteiger partial charge in [0, 0.05) is 38.3 Å². The maximum Gasteiger partial charge on any atom is 0.253 e. The van der Waals surface area contributed by atoms with Crippen molar-refractivity contribution in [3.8, 4) is 5.75 Å². The van der Waals surface area contributed by atoms with Crippen LogP contribution in [-0.4, -0.2) is 66.2 Å². The lowest BCUT2D eigenvalue weighted by molar-refractivity contribution is 0.0404. The molecule has 30 heavy (non-hydrogen) atoms. The van der Waals surface area contributed by atoms with Crippen LogP contribution in [0.1, 0.15) is 35.7 Å². The SMILES string of the molecule is CC(C)c1ccc(C(=O)N2CCN(CC(O)COc3c(Cl)cccc3Cl)CC2)cc1. The molecule has 0 spiro atoms.